The van der Waals surface area contributed by atoms with E-state index in [9.17, 15) is 4.79 Å². The van der Waals surface area contributed by atoms with Gasteiger partial charge in [-0.25, -0.2) is 0 Å². The quantitative estimate of drug-likeness (QED) is 0.865. The minimum atomic E-state index is 0.210. The summed E-state index contributed by atoms with van der Waals surface area (Å²) in [6.45, 7) is 7.38. The Kier molecular flexibility index (Phi) is 4.17. The molecule has 0 aromatic carbocycles. The molecule has 130 valence electrons. The van der Waals surface area contributed by atoms with Gasteiger partial charge in [-0.3, -0.25) is 9.69 Å². The van der Waals surface area contributed by atoms with Gasteiger partial charge < -0.3 is 10.1 Å². The van der Waals surface area contributed by atoms with Crippen molar-refractivity contribution in [3.8, 4) is 0 Å². The standard InChI is InChI=1S/C19H32N2O2/c1-13-9-21(10-14(2)23-13)11-18(22)20-12-19-6-15-3-16(7-19)5-17(4-15)8-19/h13-17H,3-12H2,1-2H3,(H,20,22)/t13-,14-,15?,16?,17?,19?/m1/s1. The zero-order valence-electron chi connectivity index (χ0n) is 14.7. The lowest BCUT2D eigenvalue weighted by molar-refractivity contribution is -0.128. The molecule has 4 nitrogen and oxygen atoms in total. The van der Waals surface area contributed by atoms with Crippen molar-refractivity contribution in [2.75, 3.05) is 26.2 Å². The summed E-state index contributed by atoms with van der Waals surface area (Å²) in [6.07, 6.45) is 8.97. The summed E-state index contributed by atoms with van der Waals surface area (Å²) in [5, 5.41) is 3.30. The number of nitrogens with zero attached hydrogens (tertiary/aromatic N) is 1. The van der Waals surface area contributed by atoms with Gasteiger partial charge >= 0.3 is 0 Å². The van der Waals surface area contributed by atoms with Crippen LogP contribution in [0.4, 0.5) is 0 Å². The number of hydrogen-bond acceptors (Lipinski definition) is 3. The first-order valence-electron chi connectivity index (χ1n) is 9.64. The monoisotopic (exact) mass is 320 g/mol. The summed E-state index contributed by atoms with van der Waals surface area (Å²) in [5.74, 6) is 3.08. The van der Waals surface area contributed by atoms with Gasteiger partial charge in [-0.05, 0) is 75.5 Å². The highest BCUT2D eigenvalue weighted by Gasteiger charge is 2.50. The summed E-state index contributed by atoms with van der Waals surface area (Å²) in [5.41, 5.74) is 0.440. The van der Waals surface area contributed by atoms with Gasteiger partial charge in [0.15, 0.2) is 0 Å². The Morgan fingerprint density at radius 1 is 1.04 bits per heavy atom. The lowest BCUT2D eigenvalue weighted by atomic mass is 9.49. The van der Waals surface area contributed by atoms with Crippen LogP contribution in [0.5, 0.6) is 0 Å². The van der Waals surface area contributed by atoms with E-state index in [0.717, 1.165) is 37.4 Å². The Labute approximate surface area is 140 Å². The third kappa shape index (κ3) is 3.43. The first-order valence-corrected chi connectivity index (χ1v) is 9.64. The first kappa shape index (κ1) is 15.9. The molecule has 4 aliphatic carbocycles. The molecule has 0 unspecified atom stereocenters. The molecule has 4 saturated carbocycles. The van der Waals surface area contributed by atoms with Crippen molar-refractivity contribution < 1.29 is 9.53 Å². The second kappa shape index (κ2) is 6.03. The third-order valence-electron chi connectivity index (χ3n) is 6.69. The maximum Gasteiger partial charge on any atom is 0.234 e. The van der Waals surface area contributed by atoms with E-state index < -0.39 is 0 Å². The molecular weight excluding hydrogens is 288 g/mol. The molecule has 4 heteroatoms. The second-order valence-electron chi connectivity index (χ2n) is 9.15. The van der Waals surface area contributed by atoms with Gasteiger partial charge in [0.25, 0.3) is 0 Å². The normalized spacial score (nSPS) is 46.1. The van der Waals surface area contributed by atoms with Crippen molar-refractivity contribution in [1.82, 2.24) is 10.2 Å². The SMILES string of the molecule is C[C@@H]1CN(CC(=O)NCC23CC4CC(CC(C4)C2)C3)C[C@@H](C)O1. The van der Waals surface area contributed by atoms with Gasteiger partial charge in [-0.1, -0.05) is 0 Å². The zero-order valence-corrected chi connectivity index (χ0v) is 14.7. The van der Waals surface area contributed by atoms with Crippen molar-refractivity contribution >= 4 is 5.91 Å². The van der Waals surface area contributed by atoms with Crippen LogP contribution in [0.1, 0.15) is 52.4 Å². The molecule has 5 fully saturated rings. The number of rotatable bonds is 4. The smallest absolute Gasteiger partial charge is 0.234 e. The first-order chi connectivity index (χ1) is 11.0. The summed E-state index contributed by atoms with van der Waals surface area (Å²) >= 11 is 0. The third-order valence-corrected chi connectivity index (χ3v) is 6.69. The molecule has 0 spiro atoms. The topological polar surface area (TPSA) is 41.6 Å². The minimum absolute atomic E-state index is 0.210. The fourth-order valence-electron chi connectivity index (χ4n) is 6.47. The number of hydrogen-bond donors (Lipinski definition) is 1. The molecule has 0 radical (unpaired) electrons. The van der Waals surface area contributed by atoms with Gasteiger partial charge in [0.05, 0.1) is 18.8 Å². The zero-order chi connectivity index (χ0) is 16.0. The highest BCUT2D eigenvalue weighted by molar-refractivity contribution is 5.78. The number of morpholine rings is 1. The number of ether oxygens (including phenoxy) is 1. The second-order valence-corrected chi connectivity index (χ2v) is 9.15. The van der Waals surface area contributed by atoms with Gasteiger partial charge in [0, 0.05) is 19.6 Å². The molecule has 2 atom stereocenters. The number of nitrogens with one attached hydrogen (secondary N) is 1. The van der Waals surface area contributed by atoms with Crippen LogP contribution < -0.4 is 5.32 Å². The van der Waals surface area contributed by atoms with E-state index >= 15 is 0 Å². The number of carbonyl (C=O) groups excluding carboxylic acids is 1. The van der Waals surface area contributed by atoms with Crippen LogP contribution in [-0.4, -0.2) is 49.2 Å². The Bertz CT molecular complexity index is 419. The molecule has 1 amide bonds. The van der Waals surface area contributed by atoms with E-state index in [-0.39, 0.29) is 18.1 Å². The molecule has 0 aromatic rings. The van der Waals surface area contributed by atoms with Crippen molar-refractivity contribution in [3.63, 3.8) is 0 Å². The molecule has 5 rings (SSSR count). The van der Waals surface area contributed by atoms with Crippen LogP contribution in [0.25, 0.3) is 0 Å². The van der Waals surface area contributed by atoms with Crippen molar-refractivity contribution in [3.05, 3.63) is 0 Å². The van der Waals surface area contributed by atoms with Gasteiger partial charge in [-0.2, -0.15) is 0 Å². The van der Waals surface area contributed by atoms with Crippen molar-refractivity contribution in [2.24, 2.45) is 23.2 Å². The lowest BCUT2D eigenvalue weighted by Gasteiger charge is -2.57. The van der Waals surface area contributed by atoms with Crippen molar-refractivity contribution in [1.29, 1.82) is 0 Å². The predicted octanol–water partition coefficient (Wildman–Crippen LogP) is 2.43. The van der Waals surface area contributed by atoms with E-state index in [2.05, 4.69) is 24.1 Å². The maximum atomic E-state index is 12.4. The highest BCUT2D eigenvalue weighted by Crippen LogP contribution is 2.59. The Morgan fingerprint density at radius 3 is 2.09 bits per heavy atom. The largest absolute Gasteiger partial charge is 0.373 e. The van der Waals surface area contributed by atoms with Gasteiger partial charge in [0.1, 0.15) is 0 Å². The Balaban J connectivity index is 1.28. The Hall–Kier alpha value is -0.610. The van der Waals surface area contributed by atoms with E-state index in [1.165, 1.54) is 38.5 Å². The Morgan fingerprint density at radius 2 is 1.57 bits per heavy atom. The fourth-order valence-corrected chi connectivity index (χ4v) is 6.47. The molecule has 1 aliphatic heterocycles. The lowest BCUT2D eigenvalue weighted by Crippen LogP contribution is -2.53. The van der Waals surface area contributed by atoms with Gasteiger partial charge in [0.2, 0.25) is 5.91 Å². The molecule has 1 N–H and O–H groups in total. The minimum Gasteiger partial charge on any atom is -0.373 e. The van der Waals surface area contributed by atoms with Crippen LogP contribution >= 0.6 is 0 Å². The van der Waals surface area contributed by atoms with Gasteiger partial charge in [-0.15, -0.1) is 0 Å². The van der Waals surface area contributed by atoms with Crippen LogP contribution in [0.2, 0.25) is 0 Å². The van der Waals surface area contributed by atoms with Crippen molar-refractivity contribution in [2.45, 2.75) is 64.6 Å². The average Bonchev–Trinajstić information content (AvgIpc) is 2.42. The molecular formula is C19H32N2O2. The summed E-state index contributed by atoms with van der Waals surface area (Å²) < 4.78 is 5.75. The van der Waals surface area contributed by atoms with Crippen LogP contribution in [0.3, 0.4) is 0 Å². The van der Waals surface area contributed by atoms with Crippen LogP contribution in [0, 0.1) is 23.2 Å². The molecule has 0 aromatic heterocycles. The summed E-state index contributed by atoms with van der Waals surface area (Å²) in [7, 11) is 0. The van der Waals surface area contributed by atoms with Crippen LogP contribution in [-0.2, 0) is 9.53 Å². The summed E-state index contributed by atoms with van der Waals surface area (Å²) in [6, 6.07) is 0. The van der Waals surface area contributed by atoms with E-state index in [1.807, 2.05) is 0 Å². The number of carbonyl (C=O) groups is 1. The number of amides is 1. The van der Waals surface area contributed by atoms with Crippen LogP contribution in [0.15, 0.2) is 0 Å². The average molecular weight is 320 g/mol. The molecule has 1 saturated heterocycles. The fraction of sp³-hybridized carbons (Fsp3) is 0.947. The van der Waals surface area contributed by atoms with E-state index in [1.54, 1.807) is 0 Å². The van der Waals surface area contributed by atoms with E-state index in [0.29, 0.717) is 12.0 Å². The summed E-state index contributed by atoms with van der Waals surface area (Å²) in [4.78, 5) is 14.7. The molecule has 1 heterocycles. The maximum absolute atomic E-state index is 12.4. The molecule has 4 bridgehead atoms. The highest BCUT2D eigenvalue weighted by atomic mass is 16.5. The van der Waals surface area contributed by atoms with E-state index in [4.69, 9.17) is 4.74 Å². The molecule has 23 heavy (non-hydrogen) atoms. The molecule has 5 aliphatic rings. The predicted molar refractivity (Wildman–Crippen MR) is 90.1 cm³/mol.